The molecule has 3 aromatic carbocycles. The Kier molecular flexibility index (Phi) is 6.02. The lowest BCUT2D eigenvalue weighted by Gasteiger charge is -2.11. The summed E-state index contributed by atoms with van der Waals surface area (Å²) in [5.41, 5.74) is 6.49. The van der Waals surface area contributed by atoms with E-state index in [9.17, 15) is 4.79 Å². The summed E-state index contributed by atoms with van der Waals surface area (Å²) in [5, 5.41) is 10.9. The van der Waals surface area contributed by atoms with Gasteiger partial charge in [-0.2, -0.15) is 15.2 Å². The molecule has 0 atom stereocenters. The number of ether oxygens (including phenoxy) is 1. The van der Waals surface area contributed by atoms with Gasteiger partial charge in [-0.05, 0) is 74.9 Å². The fraction of sp³-hybridized carbons (Fsp3) is 0.138. The normalized spacial score (nSPS) is 14.5. The average molecular weight is 463 g/mol. The van der Waals surface area contributed by atoms with Crippen molar-refractivity contribution in [1.29, 1.82) is 0 Å². The van der Waals surface area contributed by atoms with Crippen LogP contribution < -0.4 is 9.75 Å². The van der Waals surface area contributed by atoms with Crippen molar-refractivity contribution in [3.8, 4) is 22.7 Å². The van der Waals surface area contributed by atoms with Crippen molar-refractivity contribution in [3.63, 3.8) is 0 Å². The number of carbonyl (C=O) groups is 1. The number of nitrogens with zero attached hydrogens (tertiary/aromatic N) is 4. The second-order valence-corrected chi connectivity index (χ2v) is 8.32. The van der Waals surface area contributed by atoms with E-state index in [1.807, 2.05) is 111 Å². The molecule has 6 nitrogen and oxygen atoms in total. The second kappa shape index (κ2) is 9.43. The van der Waals surface area contributed by atoms with Crippen LogP contribution >= 0.6 is 0 Å². The molecule has 5 rings (SSSR count). The molecule has 1 aliphatic heterocycles. The lowest BCUT2D eigenvalue weighted by Crippen LogP contribution is -2.21. The summed E-state index contributed by atoms with van der Waals surface area (Å²) < 4.78 is 7.56. The van der Waals surface area contributed by atoms with Gasteiger partial charge in [-0.1, -0.05) is 36.4 Å². The number of hydrogen-bond acceptors (Lipinski definition) is 4. The van der Waals surface area contributed by atoms with Crippen molar-refractivity contribution in [3.05, 3.63) is 102 Å². The third-order valence-corrected chi connectivity index (χ3v) is 5.87. The van der Waals surface area contributed by atoms with E-state index in [0.717, 1.165) is 39.5 Å². The lowest BCUT2D eigenvalue weighted by molar-refractivity contribution is -0.114. The molecule has 0 bridgehead atoms. The summed E-state index contributed by atoms with van der Waals surface area (Å²) in [6, 6.07) is 25.4. The maximum Gasteiger partial charge on any atom is 0.280 e. The summed E-state index contributed by atoms with van der Waals surface area (Å²) in [4.78, 5) is 13.3. The zero-order valence-electron chi connectivity index (χ0n) is 20.0. The molecule has 174 valence electrons. The monoisotopic (exact) mass is 462 g/mol. The highest BCUT2D eigenvalue weighted by molar-refractivity contribution is 6.32. The number of aromatic nitrogens is 2. The molecule has 4 aromatic rings. The van der Waals surface area contributed by atoms with Crippen molar-refractivity contribution in [2.24, 2.45) is 5.10 Å². The topological polar surface area (TPSA) is 59.7 Å². The molecule has 0 spiro atoms. The van der Waals surface area contributed by atoms with Gasteiger partial charge in [0.25, 0.3) is 5.91 Å². The van der Waals surface area contributed by atoms with Crippen LogP contribution in [0.1, 0.15) is 25.0 Å². The average Bonchev–Trinajstić information content (AvgIpc) is 3.43. The number of hydrogen-bond donors (Lipinski definition) is 0. The molecule has 1 aliphatic rings. The van der Waals surface area contributed by atoms with Crippen molar-refractivity contribution in [1.82, 2.24) is 9.78 Å². The zero-order chi connectivity index (χ0) is 24.4. The van der Waals surface area contributed by atoms with Crippen molar-refractivity contribution >= 4 is 23.4 Å². The smallest absolute Gasteiger partial charge is 0.280 e. The van der Waals surface area contributed by atoms with Crippen LogP contribution in [-0.4, -0.2) is 28.0 Å². The number of aryl methyl sites for hydroxylation is 1. The highest BCUT2D eigenvalue weighted by Gasteiger charge is 2.29. The third kappa shape index (κ3) is 4.38. The molecule has 0 radical (unpaired) electrons. The molecule has 0 saturated carbocycles. The van der Waals surface area contributed by atoms with E-state index in [2.05, 4.69) is 11.2 Å². The Bertz CT molecular complexity index is 1440. The minimum atomic E-state index is -0.157. The molecule has 0 N–H and O–H groups in total. The standard InChI is InChI=1S/C29H26N4O2/c1-4-35-27-16-15-22(17-20(27)2)28-23(19-32(31-28)24-11-7-5-8-12-24)18-26-21(3)30-33(29(26)34)25-13-9-6-10-14-25/h5-19H,4H2,1-3H3/b26-18-. The Morgan fingerprint density at radius 3 is 2.26 bits per heavy atom. The fourth-order valence-corrected chi connectivity index (χ4v) is 4.13. The van der Waals surface area contributed by atoms with Gasteiger partial charge in [0.2, 0.25) is 0 Å². The minimum absolute atomic E-state index is 0.157. The van der Waals surface area contributed by atoms with Crippen LogP contribution in [-0.2, 0) is 4.79 Å². The number of benzene rings is 3. The first-order chi connectivity index (χ1) is 17.0. The van der Waals surface area contributed by atoms with E-state index >= 15 is 0 Å². The minimum Gasteiger partial charge on any atom is -0.494 e. The highest BCUT2D eigenvalue weighted by atomic mass is 16.5. The Hall–Kier alpha value is -4.45. The van der Waals surface area contributed by atoms with Crippen molar-refractivity contribution < 1.29 is 9.53 Å². The Labute approximate surface area is 204 Å². The molecule has 6 heteroatoms. The van der Waals surface area contributed by atoms with Gasteiger partial charge in [0.15, 0.2) is 0 Å². The number of rotatable bonds is 6. The molecule has 0 fully saturated rings. The molecular weight excluding hydrogens is 436 g/mol. The molecule has 35 heavy (non-hydrogen) atoms. The largest absolute Gasteiger partial charge is 0.494 e. The van der Waals surface area contributed by atoms with Crippen molar-refractivity contribution in [2.75, 3.05) is 11.6 Å². The van der Waals surface area contributed by atoms with Gasteiger partial charge in [-0.3, -0.25) is 4.79 Å². The predicted octanol–water partition coefficient (Wildman–Crippen LogP) is 6.05. The molecule has 1 amide bonds. The second-order valence-electron chi connectivity index (χ2n) is 8.32. The van der Waals surface area contributed by atoms with Crippen LogP contribution in [0.5, 0.6) is 5.75 Å². The van der Waals surface area contributed by atoms with E-state index in [0.29, 0.717) is 17.9 Å². The van der Waals surface area contributed by atoms with Crippen molar-refractivity contribution in [2.45, 2.75) is 20.8 Å². The van der Waals surface area contributed by atoms with Gasteiger partial charge in [0.05, 0.1) is 35.0 Å². The van der Waals surface area contributed by atoms with Gasteiger partial charge in [-0.25, -0.2) is 4.68 Å². The first-order valence-corrected chi connectivity index (χ1v) is 11.6. The summed E-state index contributed by atoms with van der Waals surface area (Å²) in [6.45, 7) is 6.46. The van der Waals surface area contributed by atoms with Gasteiger partial charge >= 0.3 is 0 Å². The zero-order valence-corrected chi connectivity index (χ0v) is 20.0. The number of para-hydroxylation sites is 2. The summed E-state index contributed by atoms with van der Waals surface area (Å²) in [7, 11) is 0. The number of amides is 1. The Balaban J connectivity index is 1.60. The molecular formula is C29H26N4O2. The van der Waals surface area contributed by atoms with Gasteiger partial charge in [-0.15, -0.1) is 0 Å². The lowest BCUT2D eigenvalue weighted by atomic mass is 10.0. The van der Waals surface area contributed by atoms with Crippen LogP contribution in [0, 0.1) is 6.92 Å². The SMILES string of the molecule is CCOc1ccc(-c2nn(-c3ccccc3)cc2/C=C2\C(=O)N(c3ccccc3)N=C2C)cc1C. The van der Waals surface area contributed by atoms with E-state index in [4.69, 9.17) is 9.84 Å². The highest BCUT2D eigenvalue weighted by Crippen LogP contribution is 2.31. The molecule has 2 heterocycles. The molecule has 1 aromatic heterocycles. The first kappa shape index (κ1) is 22.3. The van der Waals surface area contributed by atoms with Gasteiger partial charge in [0.1, 0.15) is 5.75 Å². The van der Waals surface area contributed by atoms with E-state index in [-0.39, 0.29) is 5.91 Å². The first-order valence-electron chi connectivity index (χ1n) is 11.6. The van der Waals surface area contributed by atoms with E-state index in [1.54, 1.807) is 0 Å². The molecule has 0 aliphatic carbocycles. The van der Waals surface area contributed by atoms with Gasteiger partial charge in [0, 0.05) is 17.3 Å². The Morgan fingerprint density at radius 2 is 1.60 bits per heavy atom. The number of carbonyl (C=O) groups excluding carboxylic acids is 1. The molecule has 0 saturated heterocycles. The van der Waals surface area contributed by atoms with Crippen LogP contribution in [0.4, 0.5) is 5.69 Å². The van der Waals surface area contributed by atoms with Crippen LogP contribution in [0.2, 0.25) is 0 Å². The van der Waals surface area contributed by atoms with Crippen LogP contribution in [0.25, 0.3) is 23.0 Å². The third-order valence-electron chi connectivity index (χ3n) is 5.87. The predicted molar refractivity (Wildman–Crippen MR) is 140 cm³/mol. The quantitative estimate of drug-likeness (QED) is 0.328. The van der Waals surface area contributed by atoms with E-state index < -0.39 is 0 Å². The van der Waals surface area contributed by atoms with E-state index in [1.165, 1.54) is 5.01 Å². The maximum atomic E-state index is 13.3. The fourth-order valence-electron chi connectivity index (χ4n) is 4.13. The molecule has 0 unspecified atom stereocenters. The summed E-state index contributed by atoms with van der Waals surface area (Å²) in [6.07, 6.45) is 3.84. The van der Waals surface area contributed by atoms with Gasteiger partial charge < -0.3 is 4.74 Å². The van der Waals surface area contributed by atoms with Crippen LogP contribution in [0.15, 0.2) is 95.7 Å². The Morgan fingerprint density at radius 1 is 0.914 bits per heavy atom. The number of anilines is 1. The van der Waals surface area contributed by atoms with Crippen LogP contribution in [0.3, 0.4) is 0 Å². The summed E-state index contributed by atoms with van der Waals surface area (Å²) >= 11 is 0. The summed E-state index contributed by atoms with van der Waals surface area (Å²) in [5.74, 6) is 0.695. The maximum absolute atomic E-state index is 13.3. The number of hydrazone groups is 1.